The Labute approximate surface area is 156 Å². The van der Waals surface area contributed by atoms with Gasteiger partial charge in [0.05, 0.1) is 23.6 Å². The van der Waals surface area contributed by atoms with Crippen molar-refractivity contribution in [2.75, 3.05) is 19.7 Å². The number of benzene rings is 1. The van der Waals surface area contributed by atoms with E-state index in [2.05, 4.69) is 20.1 Å². The van der Waals surface area contributed by atoms with Crippen LogP contribution in [0.15, 0.2) is 52.3 Å². The third kappa shape index (κ3) is 3.40. The maximum Gasteiger partial charge on any atom is 0.243 e. The van der Waals surface area contributed by atoms with Crippen molar-refractivity contribution < 1.29 is 17.7 Å². The van der Waals surface area contributed by atoms with Crippen molar-refractivity contribution in [1.82, 2.24) is 24.4 Å². The van der Waals surface area contributed by atoms with Gasteiger partial charge in [0.1, 0.15) is 11.4 Å². The smallest absolute Gasteiger partial charge is 0.243 e. The van der Waals surface area contributed by atoms with Gasteiger partial charge in [0.15, 0.2) is 0 Å². The lowest BCUT2D eigenvalue weighted by molar-refractivity contribution is 0.217. The Morgan fingerprint density at radius 1 is 1.22 bits per heavy atom. The summed E-state index contributed by atoms with van der Waals surface area (Å²) in [6.45, 7) is 2.98. The van der Waals surface area contributed by atoms with E-state index in [-0.39, 0.29) is 23.9 Å². The molecule has 3 aromatic rings. The zero-order valence-corrected chi connectivity index (χ0v) is 15.3. The van der Waals surface area contributed by atoms with E-state index in [4.69, 9.17) is 9.26 Å². The van der Waals surface area contributed by atoms with E-state index < -0.39 is 10.0 Å². The molecule has 0 bridgehead atoms. The van der Waals surface area contributed by atoms with Crippen LogP contribution in [-0.2, 0) is 10.0 Å². The first-order valence-electron chi connectivity index (χ1n) is 8.41. The minimum Gasteiger partial charge on any atom is -0.494 e. The summed E-state index contributed by atoms with van der Waals surface area (Å²) in [7, 11) is -3.55. The third-order valence-electron chi connectivity index (χ3n) is 4.20. The molecule has 140 valence electrons. The topological polar surface area (TPSA) is 111 Å². The van der Waals surface area contributed by atoms with E-state index in [1.165, 1.54) is 10.5 Å². The highest BCUT2D eigenvalue weighted by Gasteiger charge is 2.40. The lowest BCUT2D eigenvalue weighted by atomic mass is 10.0. The fraction of sp³-hybridized carbons (Fsp3) is 0.294. The standard InChI is InChI=1S/C17H17N5O4S/c1-2-25-13-3-5-14(6-4-13)27(23,24)22-10-12(11-22)17-20-16(21-26-17)15-9-18-7-8-19-15/h3-9,12H,2,10-11H2,1H3. The van der Waals surface area contributed by atoms with E-state index >= 15 is 0 Å². The molecule has 9 nitrogen and oxygen atoms in total. The normalized spacial score (nSPS) is 15.4. The fourth-order valence-electron chi connectivity index (χ4n) is 2.73. The van der Waals surface area contributed by atoms with Gasteiger partial charge in [-0.3, -0.25) is 4.98 Å². The first kappa shape index (κ1) is 17.6. The van der Waals surface area contributed by atoms with E-state index in [0.29, 0.717) is 29.8 Å². The average Bonchev–Trinajstić information content (AvgIpc) is 3.11. The number of nitrogens with zero attached hydrogens (tertiary/aromatic N) is 5. The van der Waals surface area contributed by atoms with Crippen LogP contribution in [0.2, 0.25) is 0 Å². The van der Waals surface area contributed by atoms with Gasteiger partial charge in [-0.05, 0) is 31.2 Å². The monoisotopic (exact) mass is 387 g/mol. The third-order valence-corrected chi connectivity index (χ3v) is 6.05. The highest BCUT2D eigenvalue weighted by molar-refractivity contribution is 7.89. The molecule has 0 aliphatic carbocycles. The molecule has 0 atom stereocenters. The summed E-state index contributed by atoms with van der Waals surface area (Å²) in [6.07, 6.45) is 4.64. The molecule has 4 rings (SSSR count). The van der Waals surface area contributed by atoms with E-state index in [1.807, 2.05) is 6.92 Å². The molecule has 1 aromatic carbocycles. The molecule has 2 aromatic heterocycles. The van der Waals surface area contributed by atoms with Gasteiger partial charge in [0.2, 0.25) is 21.7 Å². The molecule has 1 fully saturated rings. The predicted molar refractivity (Wildman–Crippen MR) is 94.4 cm³/mol. The predicted octanol–water partition coefficient (Wildman–Crippen LogP) is 1.71. The molecule has 0 spiro atoms. The van der Waals surface area contributed by atoms with Crippen molar-refractivity contribution in [1.29, 1.82) is 0 Å². The zero-order chi connectivity index (χ0) is 18.9. The summed E-state index contributed by atoms with van der Waals surface area (Å²) in [4.78, 5) is 12.6. The van der Waals surface area contributed by atoms with Crippen molar-refractivity contribution in [2.45, 2.75) is 17.7 Å². The van der Waals surface area contributed by atoms with Gasteiger partial charge in [-0.1, -0.05) is 5.16 Å². The van der Waals surface area contributed by atoms with Gasteiger partial charge in [0.25, 0.3) is 0 Å². The number of rotatable bonds is 6. The Balaban J connectivity index is 1.43. The van der Waals surface area contributed by atoms with E-state index in [0.717, 1.165) is 0 Å². The molecule has 1 aliphatic heterocycles. The first-order chi connectivity index (χ1) is 13.1. The molecule has 27 heavy (non-hydrogen) atoms. The second-order valence-electron chi connectivity index (χ2n) is 5.97. The van der Waals surface area contributed by atoms with Crippen molar-refractivity contribution >= 4 is 10.0 Å². The molecule has 1 saturated heterocycles. The van der Waals surface area contributed by atoms with E-state index in [1.54, 1.807) is 36.7 Å². The maximum absolute atomic E-state index is 12.7. The highest BCUT2D eigenvalue weighted by Crippen LogP contribution is 2.32. The van der Waals surface area contributed by atoms with Gasteiger partial charge < -0.3 is 9.26 Å². The second kappa shape index (κ2) is 7.05. The van der Waals surface area contributed by atoms with Gasteiger partial charge in [-0.2, -0.15) is 9.29 Å². The van der Waals surface area contributed by atoms with Gasteiger partial charge >= 0.3 is 0 Å². The Morgan fingerprint density at radius 2 is 2.00 bits per heavy atom. The van der Waals surface area contributed by atoms with Crippen LogP contribution in [0.5, 0.6) is 5.75 Å². The van der Waals surface area contributed by atoms with Crippen LogP contribution in [-0.4, -0.2) is 52.5 Å². The maximum atomic E-state index is 12.7. The Hall–Kier alpha value is -2.85. The molecule has 0 radical (unpaired) electrons. The molecule has 10 heteroatoms. The molecule has 0 amide bonds. The highest BCUT2D eigenvalue weighted by atomic mass is 32.2. The number of hydrogen-bond donors (Lipinski definition) is 0. The molecule has 0 unspecified atom stereocenters. The lowest BCUT2D eigenvalue weighted by Gasteiger charge is -2.35. The fourth-order valence-corrected chi connectivity index (χ4v) is 4.26. The minimum atomic E-state index is -3.55. The Bertz CT molecular complexity index is 1010. The summed E-state index contributed by atoms with van der Waals surface area (Å²) in [5.41, 5.74) is 0.505. The number of aromatic nitrogens is 4. The lowest BCUT2D eigenvalue weighted by Crippen LogP contribution is -2.48. The second-order valence-corrected chi connectivity index (χ2v) is 7.91. The molecule has 0 saturated carbocycles. The van der Waals surface area contributed by atoms with Crippen LogP contribution < -0.4 is 4.74 Å². The van der Waals surface area contributed by atoms with Crippen LogP contribution >= 0.6 is 0 Å². The summed E-state index contributed by atoms with van der Waals surface area (Å²) in [6, 6.07) is 6.40. The SMILES string of the molecule is CCOc1ccc(S(=O)(=O)N2CC(c3nc(-c4cnccn4)no3)C2)cc1. The number of ether oxygens (including phenoxy) is 1. The largest absolute Gasteiger partial charge is 0.494 e. The van der Waals surface area contributed by atoms with E-state index in [9.17, 15) is 8.42 Å². The van der Waals surface area contributed by atoms with Crippen LogP contribution in [0.4, 0.5) is 0 Å². The summed E-state index contributed by atoms with van der Waals surface area (Å²) in [5, 5.41) is 3.89. The summed E-state index contributed by atoms with van der Waals surface area (Å²) in [5.74, 6) is 1.24. The summed E-state index contributed by atoms with van der Waals surface area (Å²) >= 11 is 0. The van der Waals surface area contributed by atoms with Gasteiger partial charge in [-0.25, -0.2) is 13.4 Å². The van der Waals surface area contributed by atoms with Crippen LogP contribution in [0.25, 0.3) is 11.5 Å². The molecule has 3 heterocycles. The Kier molecular flexibility index (Phi) is 4.58. The minimum absolute atomic E-state index is 0.139. The molecular formula is C17H17N5O4S. The van der Waals surface area contributed by atoms with Crippen LogP contribution in [0.3, 0.4) is 0 Å². The number of hydrogen-bond acceptors (Lipinski definition) is 8. The zero-order valence-electron chi connectivity index (χ0n) is 14.5. The number of sulfonamides is 1. The van der Waals surface area contributed by atoms with Gasteiger partial charge in [0, 0.05) is 25.5 Å². The summed E-state index contributed by atoms with van der Waals surface area (Å²) < 4.78 is 37.4. The Morgan fingerprint density at radius 3 is 2.67 bits per heavy atom. The van der Waals surface area contributed by atoms with Gasteiger partial charge in [-0.15, -0.1) is 0 Å². The van der Waals surface area contributed by atoms with Crippen molar-refractivity contribution in [3.05, 3.63) is 48.7 Å². The van der Waals surface area contributed by atoms with Crippen LogP contribution in [0.1, 0.15) is 18.7 Å². The molecule has 1 aliphatic rings. The quantitative estimate of drug-likeness (QED) is 0.628. The first-order valence-corrected chi connectivity index (χ1v) is 9.85. The molecular weight excluding hydrogens is 370 g/mol. The average molecular weight is 387 g/mol. The van der Waals surface area contributed by atoms with Crippen molar-refractivity contribution in [3.63, 3.8) is 0 Å². The van der Waals surface area contributed by atoms with Crippen molar-refractivity contribution in [2.24, 2.45) is 0 Å². The molecule has 0 N–H and O–H groups in total. The van der Waals surface area contributed by atoms with Crippen LogP contribution in [0, 0.1) is 0 Å². The van der Waals surface area contributed by atoms with Crippen molar-refractivity contribution in [3.8, 4) is 17.3 Å².